The third kappa shape index (κ3) is 3.49. The van der Waals surface area contributed by atoms with Crippen LogP contribution in [0, 0.1) is 11.8 Å². The molecule has 1 aliphatic rings. The molecule has 3 atom stereocenters. The van der Waals surface area contributed by atoms with Crippen LogP contribution in [0.2, 0.25) is 0 Å². The Morgan fingerprint density at radius 1 is 1.50 bits per heavy atom. The smallest absolute Gasteiger partial charge is 0.326 e. The molecule has 2 rings (SSSR count). The van der Waals surface area contributed by atoms with Gasteiger partial charge in [0.1, 0.15) is 6.04 Å². The number of carboxylic acid groups (broad SMARTS) is 1. The van der Waals surface area contributed by atoms with E-state index in [-0.39, 0.29) is 0 Å². The quantitative estimate of drug-likeness (QED) is 0.777. The van der Waals surface area contributed by atoms with E-state index >= 15 is 0 Å². The van der Waals surface area contributed by atoms with Crippen molar-refractivity contribution in [2.24, 2.45) is 17.6 Å². The molecule has 6 heteroatoms. The molecule has 112 valence electrons. The number of carboxylic acids is 1. The Bertz CT molecular complexity index is 461. The van der Waals surface area contributed by atoms with Gasteiger partial charge in [-0.25, -0.2) is 4.98 Å². The molecular formula is C14H23N3O2S. The first kappa shape index (κ1) is 15.3. The third-order valence-corrected chi connectivity index (χ3v) is 4.88. The molecule has 1 saturated carbocycles. The lowest BCUT2D eigenvalue weighted by Crippen LogP contribution is -2.35. The summed E-state index contributed by atoms with van der Waals surface area (Å²) in [5, 5.41) is 14.9. The molecule has 1 heterocycles. The Morgan fingerprint density at radius 2 is 2.20 bits per heavy atom. The summed E-state index contributed by atoms with van der Waals surface area (Å²) in [5.41, 5.74) is 6.01. The molecular weight excluding hydrogens is 274 g/mol. The lowest BCUT2D eigenvalue weighted by molar-refractivity contribution is -0.138. The number of aliphatic carboxylic acids is 1. The van der Waals surface area contributed by atoms with Gasteiger partial charge in [0.05, 0.1) is 5.69 Å². The molecule has 4 N–H and O–H groups in total. The van der Waals surface area contributed by atoms with Crippen LogP contribution < -0.4 is 11.1 Å². The van der Waals surface area contributed by atoms with Gasteiger partial charge >= 0.3 is 5.97 Å². The Kier molecular flexibility index (Phi) is 4.99. The van der Waals surface area contributed by atoms with E-state index in [2.05, 4.69) is 24.1 Å². The average molecular weight is 297 g/mol. The van der Waals surface area contributed by atoms with Crippen molar-refractivity contribution in [3.63, 3.8) is 0 Å². The van der Waals surface area contributed by atoms with Crippen molar-refractivity contribution < 1.29 is 9.90 Å². The number of nitrogens with one attached hydrogen (secondary N) is 1. The van der Waals surface area contributed by atoms with Crippen LogP contribution >= 0.6 is 11.3 Å². The van der Waals surface area contributed by atoms with Gasteiger partial charge < -0.3 is 16.2 Å². The van der Waals surface area contributed by atoms with Crippen LogP contribution in [0.15, 0.2) is 5.38 Å². The van der Waals surface area contributed by atoms with E-state index in [1.807, 2.05) is 0 Å². The number of hydrogen-bond donors (Lipinski definition) is 3. The summed E-state index contributed by atoms with van der Waals surface area (Å²) in [4.78, 5) is 15.2. The minimum atomic E-state index is -1.04. The molecule has 0 aliphatic heterocycles. The van der Waals surface area contributed by atoms with Gasteiger partial charge in [-0.1, -0.05) is 26.7 Å². The molecule has 1 aliphatic carbocycles. The topological polar surface area (TPSA) is 88.2 Å². The number of carbonyl (C=O) groups is 1. The molecule has 0 saturated heterocycles. The summed E-state index contributed by atoms with van der Waals surface area (Å²) in [6, 6.07) is -0.599. The van der Waals surface area contributed by atoms with Crippen molar-refractivity contribution in [1.29, 1.82) is 0 Å². The maximum atomic E-state index is 10.9. The predicted octanol–water partition coefficient (Wildman–Crippen LogP) is 2.85. The zero-order valence-electron chi connectivity index (χ0n) is 12.0. The zero-order valence-corrected chi connectivity index (χ0v) is 12.8. The van der Waals surface area contributed by atoms with E-state index in [1.54, 1.807) is 5.38 Å². The first-order valence-electron chi connectivity index (χ1n) is 7.19. The first-order chi connectivity index (χ1) is 9.49. The van der Waals surface area contributed by atoms with Gasteiger partial charge in [0.15, 0.2) is 5.13 Å². The van der Waals surface area contributed by atoms with E-state index in [4.69, 9.17) is 10.8 Å². The number of rotatable bonds is 5. The predicted molar refractivity (Wildman–Crippen MR) is 80.9 cm³/mol. The summed E-state index contributed by atoms with van der Waals surface area (Å²) < 4.78 is 0. The van der Waals surface area contributed by atoms with Gasteiger partial charge in [0.2, 0.25) is 0 Å². The number of nitrogens with zero attached hydrogens (tertiary/aromatic N) is 1. The van der Waals surface area contributed by atoms with Gasteiger partial charge in [0.25, 0.3) is 0 Å². The molecule has 1 aromatic rings. The molecule has 3 unspecified atom stereocenters. The second-order valence-corrected chi connectivity index (χ2v) is 6.69. The van der Waals surface area contributed by atoms with E-state index in [0.717, 1.165) is 11.6 Å². The molecule has 1 aromatic heterocycles. The Balaban J connectivity index is 2.03. The normalized spacial score (nSPS) is 24.6. The van der Waals surface area contributed by atoms with E-state index in [0.29, 0.717) is 23.6 Å². The third-order valence-electron chi connectivity index (χ3n) is 4.09. The van der Waals surface area contributed by atoms with Crippen LogP contribution in [0.3, 0.4) is 0 Å². The fourth-order valence-corrected chi connectivity index (χ4v) is 3.73. The average Bonchev–Trinajstić information content (AvgIpc) is 2.86. The minimum absolute atomic E-state index is 0.432. The standard InChI is InChI=1S/C14H23N3O2S/c1-8(2)9-5-3-4-6-10(9)16-14-17-11(7-20-14)12(15)13(18)19/h7-10,12H,3-6,15H2,1-2H3,(H,16,17)(H,18,19). The molecule has 1 fully saturated rings. The Hall–Kier alpha value is -1.14. The number of thiazole rings is 1. The molecule has 0 amide bonds. The fourth-order valence-electron chi connectivity index (χ4n) is 2.92. The summed E-state index contributed by atoms with van der Waals surface area (Å²) >= 11 is 1.44. The SMILES string of the molecule is CC(C)C1CCCCC1Nc1nc(C(N)C(=O)O)cs1. The minimum Gasteiger partial charge on any atom is -0.480 e. The van der Waals surface area contributed by atoms with Crippen molar-refractivity contribution in [2.45, 2.75) is 51.6 Å². The molecule has 0 radical (unpaired) electrons. The maximum Gasteiger partial charge on any atom is 0.326 e. The highest BCUT2D eigenvalue weighted by atomic mass is 32.1. The number of hydrogen-bond acceptors (Lipinski definition) is 5. The van der Waals surface area contributed by atoms with Gasteiger partial charge in [-0.3, -0.25) is 4.79 Å². The fraction of sp³-hybridized carbons (Fsp3) is 0.714. The van der Waals surface area contributed by atoms with Gasteiger partial charge in [-0.05, 0) is 24.7 Å². The summed E-state index contributed by atoms with van der Waals surface area (Å²) in [6.07, 6.45) is 4.95. The Morgan fingerprint density at radius 3 is 2.85 bits per heavy atom. The van der Waals surface area contributed by atoms with Crippen LogP contribution in [-0.4, -0.2) is 22.1 Å². The number of nitrogens with two attached hydrogens (primary N) is 1. The van der Waals surface area contributed by atoms with Gasteiger partial charge in [-0.15, -0.1) is 11.3 Å². The molecule has 0 bridgehead atoms. The lowest BCUT2D eigenvalue weighted by Gasteiger charge is -2.34. The van der Waals surface area contributed by atoms with Crippen molar-refractivity contribution in [3.05, 3.63) is 11.1 Å². The zero-order chi connectivity index (χ0) is 14.7. The van der Waals surface area contributed by atoms with Crippen molar-refractivity contribution in [1.82, 2.24) is 4.98 Å². The van der Waals surface area contributed by atoms with Crippen LogP contribution in [-0.2, 0) is 4.79 Å². The largest absolute Gasteiger partial charge is 0.480 e. The van der Waals surface area contributed by atoms with Crippen molar-refractivity contribution in [3.8, 4) is 0 Å². The maximum absolute atomic E-state index is 10.9. The van der Waals surface area contributed by atoms with Crippen molar-refractivity contribution >= 4 is 22.4 Å². The van der Waals surface area contributed by atoms with Crippen molar-refractivity contribution in [2.75, 3.05) is 5.32 Å². The number of aromatic nitrogens is 1. The second-order valence-electron chi connectivity index (χ2n) is 5.84. The highest BCUT2D eigenvalue weighted by Crippen LogP contribution is 2.33. The highest BCUT2D eigenvalue weighted by molar-refractivity contribution is 7.13. The van der Waals surface area contributed by atoms with E-state index in [1.165, 1.54) is 30.6 Å². The molecule has 5 nitrogen and oxygen atoms in total. The molecule has 0 spiro atoms. The first-order valence-corrected chi connectivity index (χ1v) is 8.07. The number of anilines is 1. The molecule has 0 aromatic carbocycles. The van der Waals surface area contributed by atoms with E-state index < -0.39 is 12.0 Å². The van der Waals surface area contributed by atoms with Gasteiger partial charge in [-0.2, -0.15) is 0 Å². The van der Waals surface area contributed by atoms with Crippen LogP contribution in [0.4, 0.5) is 5.13 Å². The highest BCUT2D eigenvalue weighted by Gasteiger charge is 2.28. The molecule has 20 heavy (non-hydrogen) atoms. The summed E-state index contributed by atoms with van der Waals surface area (Å²) in [5.74, 6) is 0.261. The van der Waals surface area contributed by atoms with Gasteiger partial charge in [0, 0.05) is 11.4 Å². The monoisotopic (exact) mass is 297 g/mol. The lowest BCUT2D eigenvalue weighted by atomic mass is 9.78. The van der Waals surface area contributed by atoms with Crippen LogP contribution in [0.25, 0.3) is 0 Å². The summed E-state index contributed by atoms with van der Waals surface area (Å²) in [6.45, 7) is 4.52. The van der Waals surface area contributed by atoms with E-state index in [9.17, 15) is 4.79 Å². The second kappa shape index (κ2) is 6.54. The Labute approximate surface area is 123 Å². The van der Waals surface area contributed by atoms with Crippen LogP contribution in [0.1, 0.15) is 51.3 Å². The summed E-state index contributed by atoms with van der Waals surface area (Å²) in [7, 11) is 0. The van der Waals surface area contributed by atoms with Crippen LogP contribution in [0.5, 0.6) is 0 Å².